The van der Waals surface area contributed by atoms with Gasteiger partial charge in [0.05, 0.1) is 18.2 Å². The lowest BCUT2D eigenvalue weighted by molar-refractivity contribution is -0.181. The maximum absolute atomic E-state index is 14.9. The van der Waals surface area contributed by atoms with Gasteiger partial charge in [0.15, 0.2) is 0 Å². The van der Waals surface area contributed by atoms with Crippen LogP contribution in [0.4, 0.5) is 5.82 Å². The van der Waals surface area contributed by atoms with E-state index in [4.69, 9.17) is 14.9 Å². The number of piperazine rings is 1. The Morgan fingerprint density at radius 1 is 0.982 bits per heavy atom. The highest BCUT2D eigenvalue weighted by atomic mass is 16.5. The fourth-order valence-electron chi connectivity index (χ4n) is 14.0. The quantitative estimate of drug-likeness (QED) is 0.216. The molecule has 1 aliphatic heterocycles. The molecule has 8 nitrogen and oxygen atoms in total. The van der Waals surface area contributed by atoms with Crippen LogP contribution in [-0.2, 0) is 34.5 Å². The molecule has 55 heavy (non-hydrogen) atoms. The molecule has 4 N–H and O–H groups in total. The number of aromatic nitrogens is 2. The van der Waals surface area contributed by atoms with Gasteiger partial charge in [0.2, 0.25) is 0 Å². The normalized spacial score (nSPS) is 36.5. The van der Waals surface area contributed by atoms with Crippen molar-refractivity contribution in [2.45, 2.75) is 125 Å². The first kappa shape index (κ1) is 37.2. The van der Waals surface area contributed by atoms with Crippen molar-refractivity contribution in [3.05, 3.63) is 76.4 Å². The third-order valence-corrected chi connectivity index (χ3v) is 17.2. The number of H-pyrrole nitrogens is 1. The molecule has 4 fully saturated rings. The van der Waals surface area contributed by atoms with Crippen molar-refractivity contribution < 1.29 is 13.9 Å². The van der Waals surface area contributed by atoms with Crippen LogP contribution in [-0.4, -0.2) is 47.2 Å². The van der Waals surface area contributed by atoms with E-state index in [1.807, 2.05) is 18.2 Å². The molecular weight excluding hydrogens is 683 g/mol. The Hall–Kier alpha value is -3.36. The number of fused-ring (bicyclic) bond motifs is 8. The van der Waals surface area contributed by atoms with E-state index in [9.17, 15) is 4.79 Å². The monoisotopic (exact) mass is 748 g/mol. The topological polar surface area (TPSA) is 109 Å². The van der Waals surface area contributed by atoms with E-state index in [1.165, 1.54) is 35.2 Å². The zero-order valence-electron chi connectivity index (χ0n) is 34.6. The van der Waals surface area contributed by atoms with Crippen LogP contribution in [0.5, 0.6) is 0 Å². The zero-order valence-corrected chi connectivity index (χ0v) is 34.6. The largest absolute Gasteiger partial charge is 0.467 e. The number of allylic oxidation sites excluding steroid dienone is 2. The van der Waals surface area contributed by atoms with Crippen molar-refractivity contribution in [3.63, 3.8) is 0 Å². The molecule has 2 aromatic heterocycles. The molecule has 0 spiro atoms. The Morgan fingerprint density at radius 3 is 2.49 bits per heavy atom. The number of hydrogen-bond acceptors (Lipinski definition) is 7. The molecule has 0 radical (unpaired) electrons. The summed E-state index contributed by atoms with van der Waals surface area (Å²) in [7, 11) is 0. The van der Waals surface area contributed by atoms with E-state index >= 15 is 0 Å². The lowest BCUT2D eigenvalue weighted by atomic mass is 9.33. The number of ether oxygens (including phenoxy) is 1. The minimum Gasteiger partial charge on any atom is -0.467 e. The number of esters is 1. The van der Waals surface area contributed by atoms with Crippen molar-refractivity contribution in [1.82, 2.24) is 20.4 Å². The van der Waals surface area contributed by atoms with E-state index in [1.54, 1.807) is 5.57 Å². The highest BCUT2D eigenvalue weighted by Gasteiger charge is 2.70. The summed E-state index contributed by atoms with van der Waals surface area (Å²) in [6, 6.07) is 12.6. The summed E-state index contributed by atoms with van der Waals surface area (Å²) in [5.74, 6) is 2.75. The van der Waals surface area contributed by atoms with Gasteiger partial charge in [-0.25, -0.2) is 0 Å². The van der Waals surface area contributed by atoms with Gasteiger partial charge in [-0.1, -0.05) is 84.4 Å². The van der Waals surface area contributed by atoms with Gasteiger partial charge in [0.1, 0.15) is 18.2 Å². The molecule has 6 aliphatic rings. The molecule has 7 atom stereocenters. The molecule has 9 rings (SSSR count). The molecule has 1 aromatic carbocycles. The van der Waals surface area contributed by atoms with Crippen LogP contribution in [0, 0.1) is 44.8 Å². The maximum Gasteiger partial charge on any atom is 0.313 e. The number of anilines is 1. The van der Waals surface area contributed by atoms with Crippen LogP contribution in [0.25, 0.3) is 5.57 Å². The highest BCUT2D eigenvalue weighted by molar-refractivity contribution is 5.81. The summed E-state index contributed by atoms with van der Waals surface area (Å²) in [4.78, 5) is 17.4. The van der Waals surface area contributed by atoms with E-state index in [2.05, 4.69) is 93.3 Å². The van der Waals surface area contributed by atoms with Crippen LogP contribution >= 0.6 is 0 Å². The fourth-order valence-corrected chi connectivity index (χ4v) is 14.0. The third kappa shape index (κ3) is 5.57. The summed E-state index contributed by atoms with van der Waals surface area (Å²) >= 11 is 0. The number of aromatic amines is 1. The van der Waals surface area contributed by atoms with Crippen LogP contribution in [0.3, 0.4) is 0 Å². The van der Waals surface area contributed by atoms with Crippen LogP contribution in [0.15, 0.2) is 52.7 Å². The van der Waals surface area contributed by atoms with E-state index in [0.717, 1.165) is 89.0 Å². The Morgan fingerprint density at radius 2 is 1.73 bits per heavy atom. The van der Waals surface area contributed by atoms with Crippen molar-refractivity contribution in [3.8, 4) is 0 Å². The minimum absolute atomic E-state index is 0.0114. The third-order valence-electron chi connectivity index (χ3n) is 17.2. The number of carbonyl (C=O) groups is 1. The second-order valence-electron chi connectivity index (χ2n) is 20.8. The second-order valence-corrected chi connectivity index (χ2v) is 20.8. The zero-order chi connectivity index (χ0) is 38.6. The van der Waals surface area contributed by atoms with Crippen molar-refractivity contribution in [2.75, 3.05) is 31.9 Å². The second kappa shape index (κ2) is 12.8. The Kier molecular flexibility index (Phi) is 8.68. The lowest BCUT2D eigenvalue weighted by Gasteiger charge is -2.71. The van der Waals surface area contributed by atoms with Crippen molar-refractivity contribution >= 4 is 17.4 Å². The molecule has 8 heteroatoms. The molecule has 0 amide bonds. The predicted octanol–water partition coefficient (Wildman–Crippen LogP) is 9.08. The van der Waals surface area contributed by atoms with Gasteiger partial charge in [-0.05, 0) is 114 Å². The molecular formula is C47H65N5O3. The summed E-state index contributed by atoms with van der Waals surface area (Å²) in [6.07, 6.45) is 11.1. The predicted molar refractivity (Wildman–Crippen MR) is 218 cm³/mol. The molecule has 1 saturated heterocycles. The molecule has 3 saturated carbocycles. The van der Waals surface area contributed by atoms with Crippen molar-refractivity contribution in [2.24, 2.45) is 44.8 Å². The Balaban J connectivity index is 1.19. The van der Waals surface area contributed by atoms with Gasteiger partial charge in [0.25, 0.3) is 0 Å². The smallest absolute Gasteiger partial charge is 0.313 e. The molecule has 3 unspecified atom stereocenters. The molecule has 0 bridgehead atoms. The van der Waals surface area contributed by atoms with E-state index in [0.29, 0.717) is 24.3 Å². The number of benzene rings is 1. The number of rotatable bonds is 6. The van der Waals surface area contributed by atoms with Gasteiger partial charge in [-0.3, -0.25) is 14.8 Å². The Labute approximate surface area is 328 Å². The van der Waals surface area contributed by atoms with Gasteiger partial charge in [0, 0.05) is 48.4 Å². The Bertz CT molecular complexity index is 1990. The summed E-state index contributed by atoms with van der Waals surface area (Å²) in [5, 5.41) is 11.5. The standard InChI is InChI=1S/C47H65N5O3/c1-42(2)15-17-47(41(53)55-28-30-11-9-8-10-12-30)18-16-46(7)38(35(47)26-42)33(31-23-32(54-29-31)27-52-21-19-49-20-22-52)24-37-44(5)25-34-39(50-51-40(34)48)43(3,4)36(44)13-14-45(37,46)6/h8-12,23,29,35-37,49H,13-22,24-28H2,1-7H3,(H3,48,50,51)/t35?,36?,37?,44-,45+,46+,47-/m0/s1. The first-order valence-electron chi connectivity index (χ1n) is 21.4. The number of hydrogen-bond donors (Lipinski definition) is 3. The van der Waals surface area contributed by atoms with Crippen LogP contribution < -0.4 is 11.1 Å². The number of nitrogen functional groups attached to an aromatic ring is 1. The SMILES string of the molecule is CC1(C)CC[C@]2(C(=O)OCc3ccccc3)CC[C@]3(C)C(=C(c4coc(CN5CCNCC5)c4)CC4[C@@]5(C)Cc6c(N)n[nH]c6C(C)(C)C5CC[C@]43C)C2C1. The summed E-state index contributed by atoms with van der Waals surface area (Å²) in [6.45, 7) is 22.8. The van der Waals surface area contributed by atoms with E-state index in [-0.39, 0.29) is 39.0 Å². The first-order valence-corrected chi connectivity index (χ1v) is 21.4. The molecule has 5 aliphatic carbocycles. The van der Waals surface area contributed by atoms with Crippen LogP contribution in [0.1, 0.15) is 128 Å². The molecule has 3 heterocycles. The average Bonchev–Trinajstić information content (AvgIpc) is 3.77. The first-order chi connectivity index (χ1) is 26.1. The van der Waals surface area contributed by atoms with Gasteiger partial charge < -0.3 is 20.2 Å². The van der Waals surface area contributed by atoms with Crippen LogP contribution in [0.2, 0.25) is 0 Å². The van der Waals surface area contributed by atoms with E-state index < -0.39 is 5.41 Å². The number of nitrogens with two attached hydrogens (primary N) is 1. The number of furan rings is 1. The minimum atomic E-state index is -0.533. The number of carbonyl (C=O) groups excluding carboxylic acids is 1. The highest BCUT2D eigenvalue weighted by Crippen LogP contribution is 2.77. The number of nitrogens with zero attached hydrogens (tertiary/aromatic N) is 2. The fraction of sp³-hybridized carbons (Fsp3) is 0.660. The van der Waals surface area contributed by atoms with Crippen molar-refractivity contribution in [1.29, 1.82) is 0 Å². The number of nitrogens with one attached hydrogen (secondary N) is 2. The molecule has 3 aromatic rings. The van der Waals surface area contributed by atoms with Gasteiger partial charge >= 0.3 is 5.97 Å². The maximum atomic E-state index is 14.9. The molecule has 296 valence electrons. The van der Waals surface area contributed by atoms with Gasteiger partial charge in [-0.15, -0.1) is 0 Å². The summed E-state index contributed by atoms with van der Waals surface area (Å²) < 4.78 is 12.9. The summed E-state index contributed by atoms with van der Waals surface area (Å²) in [5.41, 5.74) is 13.9. The average molecular weight is 748 g/mol. The van der Waals surface area contributed by atoms with Gasteiger partial charge in [-0.2, -0.15) is 5.10 Å². The lowest BCUT2D eigenvalue weighted by Crippen LogP contribution is -2.65.